The Hall–Kier alpha value is -1.40. The van der Waals surface area contributed by atoms with Crippen LogP contribution in [0.5, 0.6) is 5.75 Å². The first-order chi connectivity index (χ1) is 11.6. The minimum absolute atomic E-state index is 0.0580. The summed E-state index contributed by atoms with van der Waals surface area (Å²) in [5, 5.41) is 1.60. The third kappa shape index (κ3) is 4.57. The summed E-state index contributed by atoms with van der Waals surface area (Å²) in [5.74, 6) is 1.68. The summed E-state index contributed by atoms with van der Waals surface area (Å²) in [5.41, 5.74) is 1.97. The van der Waals surface area contributed by atoms with Crippen LogP contribution in [-0.2, 0) is 12.3 Å². The van der Waals surface area contributed by atoms with Crippen molar-refractivity contribution in [1.82, 2.24) is 9.55 Å². The molecule has 1 aromatic heterocycles. The fraction of sp³-hybridized carbons (Fsp3) is 0.444. The first-order valence-corrected chi connectivity index (χ1v) is 10.3. The van der Waals surface area contributed by atoms with Gasteiger partial charge in [-0.05, 0) is 44.2 Å². The molecule has 0 aliphatic rings. The number of hydrogen-bond donors (Lipinski definition) is 0. The zero-order chi connectivity index (χ0) is 17.5. The molecule has 4 nitrogen and oxygen atoms in total. The van der Waals surface area contributed by atoms with Crippen molar-refractivity contribution in [3.63, 3.8) is 0 Å². The van der Waals surface area contributed by atoms with Gasteiger partial charge in [0.25, 0.3) is 5.56 Å². The molecule has 0 aliphatic heterocycles. The van der Waals surface area contributed by atoms with Crippen LogP contribution < -0.4 is 10.3 Å². The Morgan fingerprint density at radius 1 is 1.21 bits per heavy atom. The molecule has 1 aromatic carbocycles. The molecule has 0 radical (unpaired) electrons. The normalized spacial score (nSPS) is 10.8. The Balaban J connectivity index is 2.11. The van der Waals surface area contributed by atoms with Crippen LogP contribution in [0.3, 0.4) is 0 Å². The predicted octanol–water partition coefficient (Wildman–Crippen LogP) is 4.37. The van der Waals surface area contributed by atoms with Gasteiger partial charge in [-0.25, -0.2) is 4.98 Å². The molecule has 0 aliphatic carbocycles. The molecule has 0 N–H and O–H groups in total. The molecule has 0 saturated carbocycles. The van der Waals surface area contributed by atoms with Crippen LogP contribution in [0.2, 0.25) is 0 Å². The van der Waals surface area contributed by atoms with Gasteiger partial charge >= 0.3 is 0 Å². The predicted molar refractivity (Wildman–Crippen MR) is 102 cm³/mol. The average Bonchev–Trinajstić information content (AvgIpc) is 2.61. The van der Waals surface area contributed by atoms with Crippen LogP contribution in [0.1, 0.15) is 31.4 Å². The van der Waals surface area contributed by atoms with E-state index in [0.717, 1.165) is 40.3 Å². The number of nitrogens with zero attached hydrogens (tertiary/aromatic N) is 2. The molecule has 6 heteroatoms. The van der Waals surface area contributed by atoms with Gasteiger partial charge in [0.05, 0.1) is 6.61 Å². The molecule has 0 atom stereocenters. The Labute approximate surface area is 152 Å². The van der Waals surface area contributed by atoms with Crippen molar-refractivity contribution in [2.75, 3.05) is 12.9 Å². The van der Waals surface area contributed by atoms with E-state index in [1.54, 1.807) is 16.3 Å². The summed E-state index contributed by atoms with van der Waals surface area (Å²) in [6, 6.07) is 8.12. The molecule has 2 rings (SSSR count). The molecule has 24 heavy (non-hydrogen) atoms. The first kappa shape index (κ1) is 18.9. The van der Waals surface area contributed by atoms with Crippen LogP contribution in [0.4, 0.5) is 0 Å². The van der Waals surface area contributed by atoms with Crippen molar-refractivity contribution in [2.45, 2.75) is 49.7 Å². The molecule has 0 unspecified atom stereocenters. The van der Waals surface area contributed by atoms with Gasteiger partial charge < -0.3 is 4.74 Å². The van der Waals surface area contributed by atoms with E-state index in [-0.39, 0.29) is 5.56 Å². The van der Waals surface area contributed by atoms with Crippen molar-refractivity contribution in [3.05, 3.63) is 45.7 Å². The van der Waals surface area contributed by atoms with Crippen molar-refractivity contribution >= 4 is 23.5 Å². The molecule has 0 saturated heterocycles. The Morgan fingerprint density at radius 2 is 1.92 bits per heavy atom. The highest BCUT2D eigenvalue weighted by Crippen LogP contribution is 2.25. The van der Waals surface area contributed by atoms with Crippen LogP contribution >= 0.6 is 23.5 Å². The lowest BCUT2D eigenvalue weighted by Crippen LogP contribution is -2.25. The average molecular weight is 365 g/mol. The van der Waals surface area contributed by atoms with Crippen LogP contribution in [0, 0.1) is 6.92 Å². The number of benzene rings is 1. The lowest BCUT2D eigenvalue weighted by Gasteiger charge is -2.12. The van der Waals surface area contributed by atoms with E-state index >= 15 is 0 Å². The minimum atomic E-state index is 0.0580. The molecule has 130 valence electrons. The Kier molecular flexibility index (Phi) is 7.24. The second-order valence-corrected chi connectivity index (χ2v) is 7.10. The van der Waals surface area contributed by atoms with Crippen LogP contribution in [0.15, 0.2) is 39.2 Å². The lowest BCUT2D eigenvalue weighted by molar-refractivity contribution is 0.317. The minimum Gasteiger partial charge on any atom is -0.494 e. The largest absolute Gasteiger partial charge is 0.494 e. The summed E-state index contributed by atoms with van der Waals surface area (Å²) in [6.45, 7) is 7.30. The second-order valence-electron chi connectivity index (χ2n) is 5.36. The Morgan fingerprint density at radius 3 is 2.50 bits per heavy atom. The quantitative estimate of drug-likeness (QED) is 0.395. The highest BCUT2D eigenvalue weighted by Gasteiger charge is 2.12. The maximum atomic E-state index is 12.4. The maximum absolute atomic E-state index is 12.4. The molecular weight excluding hydrogens is 340 g/mol. The Bertz CT molecular complexity index is 727. The van der Waals surface area contributed by atoms with Crippen molar-refractivity contribution in [3.8, 4) is 5.75 Å². The van der Waals surface area contributed by atoms with Gasteiger partial charge in [0.2, 0.25) is 0 Å². The summed E-state index contributed by atoms with van der Waals surface area (Å²) < 4.78 is 7.32. The van der Waals surface area contributed by atoms with Crippen LogP contribution in [-0.4, -0.2) is 22.4 Å². The lowest BCUT2D eigenvalue weighted by atomic mass is 10.2. The fourth-order valence-corrected chi connectivity index (χ4v) is 3.86. The zero-order valence-corrected chi connectivity index (χ0v) is 16.3. The molecule has 0 spiro atoms. The van der Waals surface area contributed by atoms with E-state index in [2.05, 4.69) is 24.0 Å². The van der Waals surface area contributed by atoms with Crippen molar-refractivity contribution in [1.29, 1.82) is 0 Å². The zero-order valence-electron chi connectivity index (χ0n) is 14.7. The highest BCUT2D eigenvalue weighted by atomic mass is 32.2. The molecule has 2 aromatic rings. The standard InChI is InChI=1S/C18H24N2O2S2/c1-5-11-22-15-9-7-14(8-10-15)12-24-16-13(3)17(21)20(6-2)18(19-16)23-4/h7-10H,5-6,11-12H2,1-4H3. The number of thioether (sulfide) groups is 2. The van der Waals surface area contributed by atoms with Crippen molar-refractivity contribution < 1.29 is 4.74 Å². The fourth-order valence-electron chi connectivity index (χ4n) is 2.24. The van der Waals surface area contributed by atoms with Gasteiger partial charge in [0.15, 0.2) is 5.16 Å². The van der Waals surface area contributed by atoms with E-state index in [9.17, 15) is 4.79 Å². The van der Waals surface area contributed by atoms with E-state index in [1.165, 1.54) is 17.3 Å². The summed E-state index contributed by atoms with van der Waals surface area (Å²) >= 11 is 3.12. The molecule has 0 amide bonds. The molecule has 0 bridgehead atoms. The van der Waals surface area contributed by atoms with Crippen LogP contribution in [0.25, 0.3) is 0 Å². The van der Waals surface area contributed by atoms with E-state index in [0.29, 0.717) is 6.54 Å². The number of ether oxygens (including phenoxy) is 1. The van der Waals surface area contributed by atoms with Gasteiger partial charge in [0.1, 0.15) is 10.8 Å². The maximum Gasteiger partial charge on any atom is 0.258 e. The van der Waals surface area contributed by atoms with Gasteiger partial charge in [0, 0.05) is 17.9 Å². The van der Waals surface area contributed by atoms with Gasteiger partial charge in [-0.2, -0.15) is 0 Å². The molecular formula is C18H24N2O2S2. The molecule has 0 fully saturated rings. The summed E-state index contributed by atoms with van der Waals surface area (Å²) in [6.07, 6.45) is 2.95. The highest BCUT2D eigenvalue weighted by molar-refractivity contribution is 7.99. The first-order valence-electron chi connectivity index (χ1n) is 8.10. The SMILES string of the molecule is CCCOc1ccc(CSc2nc(SC)n(CC)c(=O)c2C)cc1. The third-order valence-corrected chi connectivity index (χ3v) is 5.41. The third-order valence-electron chi connectivity index (χ3n) is 3.59. The van der Waals surface area contributed by atoms with E-state index in [1.807, 2.05) is 32.2 Å². The van der Waals surface area contributed by atoms with Gasteiger partial charge in [-0.3, -0.25) is 9.36 Å². The second kappa shape index (κ2) is 9.18. The smallest absolute Gasteiger partial charge is 0.258 e. The number of aromatic nitrogens is 2. The molecule has 1 heterocycles. The van der Waals surface area contributed by atoms with Gasteiger partial charge in [-0.1, -0.05) is 30.8 Å². The van der Waals surface area contributed by atoms with E-state index < -0.39 is 0 Å². The summed E-state index contributed by atoms with van der Waals surface area (Å²) in [4.78, 5) is 17.1. The monoisotopic (exact) mass is 364 g/mol. The topological polar surface area (TPSA) is 44.1 Å². The summed E-state index contributed by atoms with van der Waals surface area (Å²) in [7, 11) is 0. The number of hydrogen-bond acceptors (Lipinski definition) is 5. The number of rotatable bonds is 8. The van der Waals surface area contributed by atoms with E-state index in [4.69, 9.17) is 4.74 Å². The van der Waals surface area contributed by atoms with Crippen molar-refractivity contribution in [2.24, 2.45) is 0 Å². The van der Waals surface area contributed by atoms with Gasteiger partial charge in [-0.15, -0.1) is 11.8 Å².